The third-order valence-corrected chi connectivity index (χ3v) is 6.51. The average molecular weight is 483 g/mol. The number of rotatable bonds is 10. The van der Waals surface area contributed by atoms with Gasteiger partial charge >= 0.3 is 0 Å². The Hall–Kier alpha value is -3.52. The molecule has 1 fully saturated rings. The van der Waals surface area contributed by atoms with Crippen LogP contribution in [0, 0.1) is 6.92 Å². The van der Waals surface area contributed by atoms with Crippen LogP contribution in [0.3, 0.4) is 0 Å². The van der Waals surface area contributed by atoms with E-state index in [9.17, 15) is 14.7 Å². The normalized spacial score (nSPS) is 17.2. The molecule has 188 valence electrons. The molecule has 0 aromatic heterocycles. The van der Waals surface area contributed by atoms with E-state index in [2.05, 4.69) is 4.90 Å². The predicted octanol–water partition coefficient (Wildman–Crippen LogP) is 3.78. The molecule has 8 nitrogen and oxygen atoms in total. The summed E-state index contributed by atoms with van der Waals surface area (Å²) in [6, 6.07) is 9.64. The summed E-state index contributed by atoms with van der Waals surface area (Å²) in [7, 11) is 4.60. The topological polar surface area (TPSA) is 88.5 Å². The SMILES string of the molecule is CCN(CC)CCN1C(=O)C(=O)/C(=C(/O)c2ccc(OC)cc2C)[C@H]1c1cccc(OC)c1OC. The zero-order valence-electron chi connectivity index (χ0n) is 21.3. The Morgan fingerprint density at radius 2 is 1.74 bits per heavy atom. The summed E-state index contributed by atoms with van der Waals surface area (Å²) in [5, 5.41) is 11.4. The van der Waals surface area contributed by atoms with Gasteiger partial charge in [0.25, 0.3) is 11.7 Å². The maximum absolute atomic E-state index is 13.4. The van der Waals surface area contributed by atoms with Gasteiger partial charge in [-0.1, -0.05) is 26.0 Å². The fraction of sp³-hybridized carbons (Fsp3) is 0.407. The van der Waals surface area contributed by atoms with Crippen LogP contribution in [0.2, 0.25) is 0 Å². The van der Waals surface area contributed by atoms with E-state index < -0.39 is 17.7 Å². The first-order valence-electron chi connectivity index (χ1n) is 11.7. The molecule has 0 radical (unpaired) electrons. The second-order valence-electron chi connectivity index (χ2n) is 8.28. The van der Waals surface area contributed by atoms with Crippen LogP contribution >= 0.6 is 0 Å². The molecule has 1 aliphatic rings. The lowest BCUT2D eigenvalue weighted by Crippen LogP contribution is -2.38. The van der Waals surface area contributed by atoms with Crippen molar-refractivity contribution in [3.8, 4) is 17.2 Å². The monoisotopic (exact) mass is 482 g/mol. The molecule has 0 bridgehead atoms. The summed E-state index contributed by atoms with van der Waals surface area (Å²) in [6.07, 6.45) is 0. The van der Waals surface area contributed by atoms with Crippen LogP contribution in [0.5, 0.6) is 17.2 Å². The molecule has 2 aromatic rings. The van der Waals surface area contributed by atoms with Gasteiger partial charge in [0.05, 0.1) is 32.9 Å². The van der Waals surface area contributed by atoms with Gasteiger partial charge in [0.2, 0.25) is 0 Å². The van der Waals surface area contributed by atoms with E-state index >= 15 is 0 Å². The summed E-state index contributed by atoms with van der Waals surface area (Å²) in [4.78, 5) is 30.3. The molecule has 35 heavy (non-hydrogen) atoms. The van der Waals surface area contributed by atoms with Crippen molar-refractivity contribution < 1.29 is 28.9 Å². The number of amides is 1. The van der Waals surface area contributed by atoms with Crippen LogP contribution in [0.25, 0.3) is 5.76 Å². The highest BCUT2D eigenvalue weighted by Crippen LogP contribution is 2.45. The Kier molecular flexibility index (Phi) is 8.40. The standard InChI is InChI=1S/C27H34N2O6/c1-7-28(8-2)14-15-29-23(20-10-9-11-21(34-5)26(20)35-6)22(25(31)27(29)32)24(30)19-13-12-18(33-4)16-17(19)3/h9-13,16,23,30H,7-8,14-15H2,1-6H3/b24-22+/t23-/m1/s1. The number of ether oxygens (including phenoxy) is 3. The average Bonchev–Trinajstić information content (AvgIpc) is 3.12. The molecular weight excluding hydrogens is 448 g/mol. The third kappa shape index (κ3) is 4.98. The van der Waals surface area contributed by atoms with Crippen molar-refractivity contribution in [3.05, 3.63) is 58.7 Å². The first kappa shape index (κ1) is 26.1. The second kappa shape index (κ2) is 11.3. The highest BCUT2D eigenvalue weighted by atomic mass is 16.5. The number of carbonyl (C=O) groups excluding carboxylic acids is 2. The number of methoxy groups -OCH3 is 3. The molecule has 1 heterocycles. The number of aliphatic hydroxyl groups excluding tert-OH is 1. The number of para-hydroxylation sites is 1. The van der Waals surface area contributed by atoms with Crippen LogP contribution in [-0.2, 0) is 9.59 Å². The number of likely N-dealkylation sites (tertiary alicyclic amines) is 1. The Bertz CT molecular complexity index is 1120. The Labute approximate surface area is 206 Å². The number of Topliss-reactive ketones (excluding diaryl/α,β-unsaturated/α-hetero) is 1. The lowest BCUT2D eigenvalue weighted by molar-refractivity contribution is -0.140. The van der Waals surface area contributed by atoms with Crippen LogP contribution < -0.4 is 14.2 Å². The van der Waals surface area contributed by atoms with E-state index in [0.29, 0.717) is 47.0 Å². The zero-order chi connectivity index (χ0) is 25.7. The molecule has 3 rings (SSSR count). The van der Waals surface area contributed by atoms with Crippen molar-refractivity contribution in [2.75, 3.05) is 47.5 Å². The largest absolute Gasteiger partial charge is 0.507 e. The Morgan fingerprint density at radius 1 is 1.03 bits per heavy atom. The summed E-state index contributed by atoms with van der Waals surface area (Å²) in [6.45, 7) is 8.45. The second-order valence-corrected chi connectivity index (χ2v) is 8.28. The molecule has 1 saturated heterocycles. The third-order valence-electron chi connectivity index (χ3n) is 6.51. The lowest BCUT2D eigenvalue weighted by Gasteiger charge is -2.29. The van der Waals surface area contributed by atoms with Gasteiger partial charge < -0.3 is 29.1 Å². The highest BCUT2D eigenvalue weighted by Gasteiger charge is 2.47. The van der Waals surface area contributed by atoms with Crippen molar-refractivity contribution >= 4 is 17.4 Å². The molecule has 1 N–H and O–H groups in total. The molecule has 1 amide bonds. The van der Waals surface area contributed by atoms with E-state index in [1.54, 1.807) is 43.5 Å². The van der Waals surface area contributed by atoms with Crippen molar-refractivity contribution in [2.24, 2.45) is 0 Å². The van der Waals surface area contributed by atoms with Crippen molar-refractivity contribution in [2.45, 2.75) is 26.8 Å². The van der Waals surface area contributed by atoms with Gasteiger partial charge in [0.1, 0.15) is 11.5 Å². The predicted molar refractivity (Wildman–Crippen MR) is 134 cm³/mol. The molecule has 0 saturated carbocycles. The number of hydrogen-bond donors (Lipinski definition) is 1. The maximum Gasteiger partial charge on any atom is 0.295 e. The number of benzene rings is 2. The Morgan fingerprint density at radius 3 is 2.31 bits per heavy atom. The highest BCUT2D eigenvalue weighted by molar-refractivity contribution is 6.46. The molecule has 2 aromatic carbocycles. The number of likely N-dealkylation sites (N-methyl/N-ethyl adjacent to an activating group) is 1. The van der Waals surface area contributed by atoms with Gasteiger partial charge in [0.15, 0.2) is 11.5 Å². The molecular formula is C27H34N2O6. The fourth-order valence-electron chi connectivity index (χ4n) is 4.52. The van der Waals surface area contributed by atoms with Crippen LogP contribution in [-0.4, -0.2) is 74.1 Å². The first-order valence-corrected chi connectivity index (χ1v) is 11.7. The Balaban J connectivity index is 2.23. The van der Waals surface area contributed by atoms with Gasteiger partial charge in [0, 0.05) is 24.2 Å². The van der Waals surface area contributed by atoms with E-state index in [4.69, 9.17) is 14.2 Å². The summed E-state index contributed by atoms with van der Waals surface area (Å²) >= 11 is 0. The van der Waals surface area contributed by atoms with Gasteiger partial charge in [-0.2, -0.15) is 0 Å². The van der Waals surface area contributed by atoms with E-state index in [1.807, 2.05) is 20.8 Å². The maximum atomic E-state index is 13.4. The number of hydrogen-bond acceptors (Lipinski definition) is 7. The number of carbonyl (C=O) groups is 2. The van der Waals surface area contributed by atoms with Gasteiger partial charge in [-0.05, 0) is 49.8 Å². The number of nitrogens with zero attached hydrogens (tertiary/aromatic N) is 2. The molecule has 1 atom stereocenters. The smallest absolute Gasteiger partial charge is 0.295 e. The molecule has 8 heteroatoms. The zero-order valence-corrected chi connectivity index (χ0v) is 21.3. The summed E-state index contributed by atoms with van der Waals surface area (Å²) in [5.41, 5.74) is 1.76. The van der Waals surface area contributed by atoms with E-state index in [-0.39, 0.29) is 11.3 Å². The van der Waals surface area contributed by atoms with Gasteiger partial charge in [-0.15, -0.1) is 0 Å². The van der Waals surface area contributed by atoms with Gasteiger partial charge in [-0.25, -0.2) is 0 Å². The number of aliphatic hydroxyl groups is 1. The van der Waals surface area contributed by atoms with Crippen molar-refractivity contribution in [1.82, 2.24) is 9.80 Å². The minimum atomic E-state index is -0.836. The first-order chi connectivity index (χ1) is 16.8. The lowest BCUT2D eigenvalue weighted by atomic mass is 9.93. The van der Waals surface area contributed by atoms with Gasteiger partial charge in [-0.3, -0.25) is 9.59 Å². The van der Waals surface area contributed by atoms with Crippen LogP contribution in [0.4, 0.5) is 0 Å². The van der Waals surface area contributed by atoms with Crippen LogP contribution in [0.1, 0.15) is 36.6 Å². The number of aryl methyl sites for hydroxylation is 1. The minimum Gasteiger partial charge on any atom is -0.507 e. The van der Waals surface area contributed by atoms with Crippen LogP contribution in [0.15, 0.2) is 42.0 Å². The number of ketones is 1. The minimum absolute atomic E-state index is 0.0226. The summed E-state index contributed by atoms with van der Waals surface area (Å²) in [5.74, 6) is -0.104. The molecule has 0 spiro atoms. The quantitative estimate of drug-likeness (QED) is 0.313. The van der Waals surface area contributed by atoms with E-state index in [1.165, 1.54) is 19.1 Å². The van der Waals surface area contributed by atoms with E-state index in [0.717, 1.165) is 13.1 Å². The van der Waals surface area contributed by atoms with Crippen molar-refractivity contribution in [3.63, 3.8) is 0 Å². The van der Waals surface area contributed by atoms with Crippen molar-refractivity contribution in [1.29, 1.82) is 0 Å². The summed E-state index contributed by atoms with van der Waals surface area (Å²) < 4.78 is 16.4. The fourth-order valence-corrected chi connectivity index (χ4v) is 4.52. The molecule has 0 aliphatic carbocycles. The molecule has 1 aliphatic heterocycles. The molecule has 0 unspecified atom stereocenters.